The van der Waals surface area contributed by atoms with E-state index in [1.165, 1.54) is 21.9 Å². The van der Waals surface area contributed by atoms with Crippen molar-refractivity contribution < 1.29 is 0 Å². The monoisotopic (exact) mass is 185 g/mol. The minimum atomic E-state index is 1.10. The standard InChI is InChI=1S/C13H15N/c1-3-10-5-6-11-9-14-8-7-13(11)12(10)4-2/h5-9H,3-4H2,1-2H3. The molecule has 0 N–H and O–H groups in total. The maximum Gasteiger partial charge on any atom is 0.0346 e. The zero-order valence-electron chi connectivity index (χ0n) is 8.75. The number of aryl methyl sites for hydroxylation is 2. The molecule has 1 heterocycles. The van der Waals surface area contributed by atoms with Crippen molar-refractivity contribution in [1.82, 2.24) is 4.98 Å². The summed E-state index contributed by atoms with van der Waals surface area (Å²) in [6, 6.07) is 6.51. The van der Waals surface area contributed by atoms with Gasteiger partial charge in [0.2, 0.25) is 0 Å². The molecule has 0 fully saturated rings. The number of hydrogen-bond acceptors (Lipinski definition) is 1. The molecule has 0 bridgehead atoms. The highest BCUT2D eigenvalue weighted by molar-refractivity contribution is 5.85. The molecule has 0 spiro atoms. The van der Waals surface area contributed by atoms with E-state index in [1.807, 2.05) is 12.4 Å². The molecule has 2 aromatic rings. The lowest BCUT2D eigenvalue weighted by molar-refractivity contribution is 1.05. The Hall–Kier alpha value is -1.37. The normalized spacial score (nSPS) is 10.7. The lowest BCUT2D eigenvalue weighted by Crippen LogP contribution is -1.92. The van der Waals surface area contributed by atoms with Gasteiger partial charge in [0.1, 0.15) is 0 Å². The molecule has 0 unspecified atom stereocenters. The van der Waals surface area contributed by atoms with Crippen molar-refractivity contribution in [3.63, 3.8) is 0 Å². The molecule has 0 aliphatic rings. The van der Waals surface area contributed by atoms with Crippen LogP contribution in [0.4, 0.5) is 0 Å². The Morgan fingerprint density at radius 2 is 1.93 bits per heavy atom. The topological polar surface area (TPSA) is 12.9 Å². The SMILES string of the molecule is CCc1ccc2cnccc2c1CC. The van der Waals surface area contributed by atoms with E-state index in [1.54, 1.807) is 0 Å². The maximum absolute atomic E-state index is 4.14. The summed E-state index contributed by atoms with van der Waals surface area (Å²) in [6.07, 6.45) is 6.03. The van der Waals surface area contributed by atoms with Gasteiger partial charge in [0.15, 0.2) is 0 Å². The second kappa shape index (κ2) is 3.79. The molecule has 1 nitrogen and oxygen atoms in total. The molecular weight excluding hydrogens is 170 g/mol. The average molecular weight is 185 g/mol. The van der Waals surface area contributed by atoms with Gasteiger partial charge in [-0.15, -0.1) is 0 Å². The molecule has 1 aromatic carbocycles. The first kappa shape index (κ1) is 9.20. The average Bonchev–Trinajstić information content (AvgIpc) is 2.27. The van der Waals surface area contributed by atoms with E-state index in [9.17, 15) is 0 Å². The molecule has 0 aliphatic heterocycles. The second-order valence-electron chi connectivity index (χ2n) is 3.51. The van der Waals surface area contributed by atoms with Crippen LogP contribution in [0.2, 0.25) is 0 Å². The fourth-order valence-corrected chi connectivity index (χ4v) is 2.03. The number of aromatic nitrogens is 1. The third kappa shape index (κ3) is 1.39. The molecular formula is C13H15N. The predicted molar refractivity (Wildman–Crippen MR) is 60.5 cm³/mol. The summed E-state index contributed by atoms with van der Waals surface area (Å²) < 4.78 is 0. The van der Waals surface area contributed by atoms with E-state index < -0.39 is 0 Å². The van der Waals surface area contributed by atoms with E-state index in [0.29, 0.717) is 0 Å². The molecule has 0 atom stereocenters. The number of hydrogen-bond donors (Lipinski definition) is 0. The fraction of sp³-hybridized carbons (Fsp3) is 0.308. The van der Waals surface area contributed by atoms with Crippen LogP contribution in [0, 0.1) is 0 Å². The minimum absolute atomic E-state index is 1.10. The quantitative estimate of drug-likeness (QED) is 0.699. The van der Waals surface area contributed by atoms with Gasteiger partial charge in [0.05, 0.1) is 0 Å². The molecule has 1 heteroatoms. The summed E-state index contributed by atoms with van der Waals surface area (Å²) in [6.45, 7) is 4.43. The van der Waals surface area contributed by atoms with Gasteiger partial charge in [0.25, 0.3) is 0 Å². The highest BCUT2D eigenvalue weighted by Crippen LogP contribution is 2.22. The van der Waals surface area contributed by atoms with E-state index in [-0.39, 0.29) is 0 Å². The van der Waals surface area contributed by atoms with Crippen LogP contribution in [0.3, 0.4) is 0 Å². The summed E-state index contributed by atoms with van der Waals surface area (Å²) in [4.78, 5) is 4.14. The van der Waals surface area contributed by atoms with Crippen LogP contribution in [0.25, 0.3) is 10.8 Å². The fourth-order valence-electron chi connectivity index (χ4n) is 2.03. The van der Waals surface area contributed by atoms with Crippen molar-refractivity contribution in [3.05, 3.63) is 41.7 Å². The molecule has 0 amide bonds. The van der Waals surface area contributed by atoms with Crippen molar-refractivity contribution >= 4 is 10.8 Å². The Kier molecular flexibility index (Phi) is 2.49. The van der Waals surface area contributed by atoms with Gasteiger partial charge in [-0.05, 0) is 35.4 Å². The number of nitrogens with zero attached hydrogens (tertiary/aromatic N) is 1. The number of benzene rings is 1. The minimum Gasteiger partial charge on any atom is -0.264 e. The lowest BCUT2D eigenvalue weighted by atomic mass is 9.97. The van der Waals surface area contributed by atoms with Crippen LogP contribution in [-0.2, 0) is 12.8 Å². The van der Waals surface area contributed by atoms with Gasteiger partial charge in [-0.2, -0.15) is 0 Å². The van der Waals surface area contributed by atoms with Crippen LogP contribution in [0.1, 0.15) is 25.0 Å². The van der Waals surface area contributed by atoms with Crippen molar-refractivity contribution in [2.24, 2.45) is 0 Å². The van der Waals surface area contributed by atoms with Gasteiger partial charge in [-0.3, -0.25) is 4.98 Å². The molecule has 72 valence electrons. The van der Waals surface area contributed by atoms with Crippen molar-refractivity contribution in [1.29, 1.82) is 0 Å². The van der Waals surface area contributed by atoms with Crippen molar-refractivity contribution in [2.75, 3.05) is 0 Å². The highest BCUT2D eigenvalue weighted by atomic mass is 14.6. The summed E-state index contributed by atoms with van der Waals surface area (Å²) in [5.41, 5.74) is 2.94. The van der Waals surface area contributed by atoms with Gasteiger partial charge < -0.3 is 0 Å². The largest absolute Gasteiger partial charge is 0.264 e. The Labute approximate surface area is 84.8 Å². The Morgan fingerprint density at radius 3 is 2.64 bits per heavy atom. The highest BCUT2D eigenvalue weighted by Gasteiger charge is 2.03. The van der Waals surface area contributed by atoms with Crippen LogP contribution in [-0.4, -0.2) is 4.98 Å². The van der Waals surface area contributed by atoms with Gasteiger partial charge in [0, 0.05) is 17.8 Å². The Morgan fingerprint density at radius 1 is 1.07 bits per heavy atom. The molecule has 0 radical (unpaired) electrons. The molecule has 2 rings (SSSR count). The summed E-state index contributed by atoms with van der Waals surface area (Å²) in [7, 11) is 0. The lowest BCUT2D eigenvalue weighted by Gasteiger charge is -2.09. The van der Waals surface area contributed by atoms with Gasteiger partial charge in [-0.1, -0.05) is 26.0 Å². The smallest absolute Gasteiger partial charge is 0.0346 e. The maximum atomic E-state index is 4.14. The molecule has 1 aromatic heterocycles. The Bertz CT molecular complexity index is 446. The third-order valence-electron chi connectivity index (χ3n) is 2.76. The van der Waals surface area contributed by atoms with Crippen LogP contribution in [0.5, 0.6) is 0 Å². The van der Waals surface area contributed by atoms with Crippen LogP contribution in [0.15, 0.2) is 30.6 Å². The molecule has 14 heavy (non-hydrogen) atoms. The number of pyridine rings is 1. The first-order valence-corrected chi connectivity index (χ1v) is 5.21. The van der Waals surface area contributed by atoms with Crippen LogP contribution < -0.4 is 0 Å². The summed E-state index contributed by atoms with van der Waals surface area (Å²) >= 11 is 0. The van der Waals surface area contributed by atoms with Gasteiger partial charge in [-0.25, -0.2) is 0 Å². The third-order valence-corrected chi connectivity index (χ3v) is 2.76. The Balaban J connectivity index is 2.77. The molecule has 0 aliphatic carbocycles. The molecule has 0 saturated carbocycles. The predicted octanol–water partition coefficient (Wildman–Crippen LogP) is 3.36. The second-order valence-corrected chi connectivity index (χ2v) is 3.51. The van der Waals surface area contributed by atoms with E-state index >= 15 is 0 Å². The van der Waals surface area contributed by atoms with E-state index in [0.717, 1.165) is 12.8 Å². The first-order valence-electron chi connectivity index (χ1n) is 5.21. The van der Waals surface area contributed by atoms with Crippen molar-refractivity contribution in [2.45, 2.75) is 26.7 Å². The van der Waals surface area contributed by atoms with E-state index in [2.05, 4.69) is 37.0 Å². The van der Waals surface area contributed by atoms with E-state index in [4.69, 9.17) is 0 Å². The number of rotatable bonds is 2. The van der Waals surface area contributed by atoms with Crippen molar-refractivity contribution in [3.8, 4) is 0 Å². The van der Waals surface area contributed by atoms with Gasteiger partial charge >= 0.3 is 0 Å². The zero-order valence-corrected chi connectivity index (χ0v) is 8.75. The molecule has 0 saturated heterocycles. The van der Waals surface area contributed by atoms with Crippen LogP contribution >= 0.6 is 0 Å². The summed E-state index contributed by atoms with van der Waals surface area (Å²) in [5.74, 6) is 0. The summed E-state index contributed by atoms with van der Waals surface area (Å²) in [5, 5.41) is 2.61. The first-order chi connectivity index (χ1) is 6.86. The number of fused-ring (bicyclic) bond motifs is 1. The zero-order chi connectivity index (χ0) is 9.97.